The molecule has 27 heavy (non-hydrogen) atoms. The number of nitrogens with one attached hydrogen (secondary N) is 1. The Labute approximate surface area is 163 Å². The number of anilines is 1. The topological polar surface area (TPSA) is 54.5 Å². The molecule has 1 aromatic heterocycles. The standard InChI is InChI=1S/C21H23N3O2S/c1-26-17-8-6-16(7-9-17)20(25)22-14-15-10-12-24(13-11-15)21-23-18-4-2-3-5-19(18)27-21/h2-9,15H,10-14H2,1H3,(H,22,25). The van der Waals surface area contributed by atoms with Gasteiger partial charge in [0.15, 0.2) is 5.13 Å². The fourth-order valence-electron chi connectivity index (χ4n) is 3.41. The Bertz CT molecular complexity index is 882. The van der Waals surface area contributed by atoms with Crippen molar-refractivity contribution < 1.29 is 9.53 Å². The Morgan fingerprint density at radius 3 is 2.63 bits per heavy atom. The lowest BCUT2D eigenvalue weighted by molar-refractivity contribution is 0.0945. The van der Waals surface area contributed by atoms with E-state index in [1.807, 2.05) is 18.2 Å². The van der Waals surface area contributed by atoms with Gasteiger partial charge in [-0.25, -0.2) is 4.98 Å². The van der Waals surface area contributed by atoms with E-state index in [4.69, 9.17) is 9.72 Å². The maximum Gasteiger partial charge on any atom is 0.251 e. The lowest BCUT2D eigenvalue weighted by atomic mass is 9.97. The molecule has 0 radical (unpaired) electrons. The molecule has 0 atom stereocenters. The molecule has 2 heterocycles. The van der Waals surface area contributed by atoms with Gasteiger partial charge in [0.1, 0.15) is 5.75 Å². The second-order valence-corrected chi connectivity index (χ2v) is 7.84. The molecule has 0 spiro atoms. The number of aromatic nitrogens is 1. The van der Waals surface area contributed by atoms with E-state index in [0.29, 0.717) is 11.5 Å². The van der Waals surface area contributed by atoms with Gasteiger partial charge in [0.25, 0.3) is 5.91 Å². The zero-order chi connectivity index (χ0) is 18.6. The predicted octanol–water partition coefficient (Wildman–Crippen LogP) is 3.95. The first kappa shape index (κ1) is 17.8. The molecule has 0 bridgehead atoms. The first-order valence-corrected chi connectivity index (χ1v) is 10.1. The van der Waals surface area contributed by atoms with Gasteiger partial charge in [-0.3, -0.25) is 4.79 Å². The number of hydrogen-bond donors (Lipinski definition) is 1. The van der Waals surface area contributed by atoms with Gasteiger partial charge in [-0.15, -0.1) is 0 Å². The van der Waals surface area contributed by atoms with Crippen LogP contribution in [0, 0.1) is 5.92 Å². The maximum atomic E-state index is 12.3. The maximum absolute atomic E-state index is 12.3. The van der Waals surface area contributed by atoms with Gasteiger partial charge in [-0.2, -0.15) is 0 Å². The van der Waals surface area contributed by atoms with E-state index in [0.717, 1.165) is 48.9 Å². The Morgan fingerprint density at radius 1 is 1.19 bits per heavy atom. The number of para-hydroxylation sites is 1. The summed E-state index contributed by atoms with van der Waals surface area (Å²) in [6.45, 7) is 2.70. The minimum absolute atomic E-state index is 0.0220. The van der Waals surface area contributed by atoms with E-state index in [-0.39, 0.29) is 5.91 Å². The molecule has 0 saturated carbocycles. The van der Waals surface area contributed by atoms with Gasteiger partial charge < -0.3 is 15.0 Å². The molecule has 1 aliphatic rings. The summed E-state index contributed by atoms with van der Waals surface area (Å²) in [6.07, 6.45) is 2.14. The molecule has 1 saturated heterocycles. The van der Waals surface area contributed by atoms with Crippen molar-refractivity contribution in [3.8, 4) is 5.75 Å². The fourth-order valence-corrected chi connectivity index (χ4v) is 4.42. The highest BCUT2D eigenvalue weighted by molar-refractivity contribution is 7.22. The van der Waals surface area contributed by atoms with Crippen LogP contribution in [0.25, 0.3) is 10.2 Å². The van der Waals surface area contributed by atoms with Crippen molar-refractivity contribution in [2.75, 3.05) is 31.6 Å². The number of thiazole rings is 1. The summed E-state index contributed by atoms with van der Waals surface area (Å²) in [5.74, 6) is 1.25. The molecule has 1 amide bonds. The molecule has 0 aliphatic carbocycles. The SMILES string of the molecule is COc1ccc(C(=O)NCC2CCN(c3nc4ccccc4s3)CC2)cc1. The van der Waals surface area contributed by atoms with Crippen LogP contribution in [0.4, 0.5) is 5.13 Å². The minimum atomic E-state index is -0.0220. The lowest BCUT2D eigenvalue weighted by Crippen LogP contribution is -2.38. The highest BCUT2D eigenvalue weighted by atomic mass is 32.1. The van der Waals surface area contributed by atoms with Gasteiger partial charge in [0.05, 0.1) is 17.3 Å². The number of nitrogens with zero attached hydrogens (tertiary/aromatic N) is 2. The molecule has 1 N–H and O–H groups in total. The first-order chi connectivity index (χ1) is 13.2. The summed E-state index contributed by atoms with van der Waals surface area (Å²) in [6, 6.07) is 15.5. The zero-order valence-corrected chi connectivity index (χ0v) is 16.2. The van der Waals surface area contributed by atoms with Crippen LogP contribution < -0.4 is 15.0 Å². The van der Waals surface area contributed by atoms with E-state index < -0.39 is 0 Å². The summed E-state index contributed by atoms with van der Waals surface area (Å²) in [4.78, 5) is 19.4. The second-order valence-electron chi connectivity index (χ2n) is 6.83. The Balaban J connectivity index is 1.28. The van der Waals surface area contributed by atoms with Gasteiger partial charge in [-0.1, -0.05) is 23.5 Å². The average Bonchev–Trinajstić information content (AvgIpc) is 3.17. The lowest BCUT2D eigenvalue weighted by Gasteiger charge is -2.31. The number of hydrogen-bond acceptors (Lipinski definition) is 5. The van der Waals surface area contributed by atoms with E-state index in [2.05, 4.69) is 28.4 Å². The fraction of sp³-hybridized carbons (Fsp3) is 0.333. The third-order valence-electron chi connectivity index (χ3n) is 5.07. The van der Waals surface area contributed by atoms with Gasteiger partial charge in [0.2, 0.25) is 0 Å². The van der Waals surface area contributed by atoms with E-state index in [9.17, 15) is 4.79 Å². The molecule has 1 fully saturated rings. The number of methoxy groups -OCH3 is 1. The molecule has 140 valence electrons. The van der Waals surface area contributed by atoms with Crippen LogP contribution in [-0.2, 0) is 0 Å². The zero-order valence-electron chi connectivity index (χ0n) is 15.4. The Kier molecular flexibility index (Phi) is 5.25. The van der Waals surface area contributed by atoms with Crippen molar-refractivity contribution in [3.63, 3.8) is 0 Å². The number of carbonyl (C=O) groups excluding carboxylic acids is 1. The molecule has 3 aromatic rings. The number of benzene rings is 2. The molecular formula is C21H23N3O2S. The van der Waals surface area contributed by atoms with Crippen molar-refractivity contribution in [1.29, 1.82) is 0 Å². The minimum Gasteiger partial charge on any atom is -0.497 e. The summed E-state index contributed by atoms with van der Waals surface area (Å²) in [7, 11) is 1.62. The number of piperidine rings is 1. The normalized spacial score (nSPS) is 15.1. The monoisotopic (exact) mass is 381 g/mol. The van der Waals surface area contributed by atoms with Crippen molar-refractivity contribution >= 4 is 32.6 Å². The molecule has 1 aliphatic heterocycles. The van der Waals surface area contributed by atoms with Gasteiger partial charge in [-0.05, 0) is 55.2 Å². The predicted molar refractivity (Wildman–Crippen MR) is 110 cm³/mol. The van der Waals surface area contributed by atoms with E-state index in [1.54, 1.807) is 30.6 Å². The van der Waals surface area contributed by atoms with Crippen LogP contribution in [0.5, 0.6) is 5.75 Å². The molecule has 2 aromatic carbocycles. The van der Waals surface area contributed by atoms with Crippen LogP contribution in [0.2, 0.25) is 0 Å². The van der Waals surface area contributed by atoms with Crippen molar-refractivity contribution in [3.05, 3.63) is 54.1 Å². The number of amides is 1. The van der Waals surface area contributed by atoms with E-state index in [1.165, 1.54) is 4.70 Å². The van der Waals surface area contributed by atoms with Crippen molar-refractivity contribution in [2.24, 2.45) is 5.92 Å². The van der Waals surface area contributed by atoms with E-state index >= 15 is 0 Å². The third-order valence-corrected chi connectivity index (χ3v) is 6.17. The smallest absolute Gasteiger partial charge is 0.251 e. The summed E-state index contributed by atoms with van der Waals surface area (Å²) in [5.41, 5.74) is 1.74. The summed E-state index contributed by atoms with van der Waals surface area (Å²) in [5, 5.41) is 4.18. The van der Waals surface area contributed by atoms with Crippen molar-refractivity contribution in [1.82, 2.24) is 10.3 Å². The highest BCUT2D eigenvalue weighted by Gasteiger charge is 2.22. The van der Waals surface area contributed by atoms with Crippen LogP contribution >= 0.6 is 11.3 Å². The number of carbonyl (C=O) groups is 1. The Morgan fingerprint density at radius 2 is 1.93 bits per heavy atom. The first-order valence-electron chi connectivity index (χ1n) is 9.26. The van der Waals surface area contributed by atoms with Crippen LogP contribution in [-0.4, -0.2) is 37.6 Å². The second kappa shape index (κ2) is 7.96. The van der Waals surface area contributed by atoms with Crippen LogP contribution in [0.3, 0.4) is 0 Å². The van der Waals surface area contributed by atoms with Crippen molar-refractivity contribution in [2.45, 2.75) is 12.8 Å². The summed E-state index contributed by atoms with van der Waals surface area (Å²) >= 11 is 1.76. The quantitative estimate of drug-likeness (QED) is 0.727. The number of rotatable bonds is 5. The van der Waals surface area contributed by atoms with Crippen LogP contribution in [0.1, 0.15) is 23.2 Å². The highest BCUT2D eigenvalue weighted by Crippen LogP contribution is 2.31. The van der Waals surface area contributed by atoms with Gasteiger partial charge >= 0.3 is 0 Å². The molecule has 4 rings (SSSR count). The molecule has 6 heteroatoms. The van der Waals surface area contributed by atoms with Gasteiger partial charge in [0, 0.05) is 25.2 Å². The largest absolute Gasteiger partial charge is 0.497 e. The molecular weight excluding hydrogens is 358 g/mol. The summed E-state index contributed by atoms with van der Waals surface area (Å²) < 4.78 is 6.37. The number of fused-ring (bicyclic) bond motifs is 1. The average molecular weight is 382 g/mol. The molecule has 0 unspecified atom stereocenters. The Hall–Kier alpha value is -2.60. The van der Waals surface area contributed by atoms with Crippen LogP contribution in [0.15, 0.2) is 48.5 Å². The molecule has 5 nitrogen and oxygen atoms in total. The third kappa shape index (κ3) is 4.06. The number of ether oxygens (including phenoxy) is 1.